The van der Waals surface area contributed by atoms with Crippen LogP contribution in [-0.4, -0.2) is 23.8 Å². The lowest BCUT2D eigenvalue weighted by Crippen LogP contribution is -2.40. The smallest absolute Gasteiger partial charge is 0.403 e. The quantitative estimate of drug-likeness (QED) is 0.730. The Bertz CT molecular complexity index is 469. The van der Waals surface area contributed by atoms with Gasteiger partial charge in [-0.05, 0) is 18.2 Å². The Morgan fingerprint density at radius 2 is 2.00 bits per heavy atom. The Kier molecular flexibility index (Phi) is 5.28. The van der Waals surface area contributed by atoms with E-state index in [1.54, 1.807) is 0 Å². The van der Waals surface area contributed by atoms with Crippen LogP contribution in [0.1, 0.15) is 0 Å². The van der Waals surface area contributed by atoms with Gasteiger partial charge in [0.25, 0.3) is 0 Å². The van der Waals surface area contributed by atoms with Crippen LogP contribution in [-0.2, 0) is 4.79 Å². The molecule has 106 valence electrons. The number of alkyl halides is 3. The van der Waals surface area contributed by atoms with Crippen LogP contribution in [0.3, 0.4) is 0 Å². The van der Waals surface area contributed by atoms with Crippen molar-refractivity contribution in [3.63, 3.8) is 0 Å². The summed E-state index contributed by atoms with van der Waals surface area (Å²) in [5, 5.41) is 9.03. The Morgan fingerprint density at radius 3 is 2.53 bits per heavy atom. The van der Waals surface area contributed by atoms with Gasteiger partial charge in [0.05, 0.1) is 10.7 Å². The van der Waals surface area contributed by atoms with Gasteiger partial charge in [0.2, 0.25) is 0 Å². The monoisotopic (exact) mass is 316 g/mol. The average molecular weight is 317 g/mol. The minimum atomic E-state index is -4.83. The highest BCUT2D eigenvalue weighted by Crippen LogP contribution is 2.27. The number of halogens is 5. The number of carbonyl (C=O) groups is 1. The SMILES string of the molecule is O=C(O)C(CNNc1cc(Cl)ccc1Cl)C(F)(F)F. The number of nitrogens with one attached hydrogen (secondary N) is 2. The molecule has 19 heavy (non-hydrogen) atoms. The van der Waals surface area contributed by atoms with Crippen molar-refractivity contribution in [3.05, 3.63) is 28.2 Å². The molecule has 0 heterocycles. The molecule has 0 aromatic heterocycles. The van der Waals surface area contributed by atoms with Gasteiger partial charge in [0, 0.05) is 11.6 Å². The van der Waals surface area contributed by atoms with Crippen molar-refractivity contribution in [1.82, 2.24) is 5.43 Å². The van der Waals surface area contributed by atoms with Gasteiger partial charge < -0.3 is 10.5 Å². The largest absolute Gasteiger partial charge is 0.481 e. The van der Waals surface area contributed by atoms with E-state index in [-0.39, 0.29) is 10.7 Å². The summed E-state index contributed by atoms with van der Waals surface area (Å²) in [6.07, 6.45) is -4.83. The molecule has 0 aliphatic carbocycles. The molecule has 1 unspecified atom stereocenters. The van der Waals surface area contributed by atoms with Gasteiger partial charge in [-0.1, -0.05) is 23.2 Å². The number of rotatable bonds is 5. The number of carboxylic acid groups (broad SMARTS) is 1. The summed E-state index contributed by atoms with van der Waals surface area (Å²) in [5.41, 5.74) is 4.80. The number of anilines is 1. The van der Waals surface area contributed by atoms with Crippen molar-refractivity contribution in [2.75, 3.05) is 12.0 Å². The van der Waals surface area contributed by atoms with Crippen LogP contribution in [0.2, 0.25) is 10.0 Å². The maximum absolute atomic E-state index is 12.3. The third-order valence-electron chi connectivity index (χ3n) is 2.15. The van der Waals surface area contributed by atoms with E-state index >= 15 is 0 Å². The Balaban J connectivity index is 2.62. The molecule has 0 aliphatic heterocycles. The molecule has 4 nitrogen and oxygen atoms in total. The van der Waals surface area contributed by atoms with Crippen LogP contribution in [0.15, 0.2) is 18.2 Å². The van der Waals surface area contributed by atoms with Crippen molar-refractivity contribution in [3.8, 4) is 0 Å². The fraction of sp³-hybridized carbons (Fsp3) is 0.300. The van der Waals surface area contributed by atoms with Crippen LogP contribution < -0.4 is 10.9 Å². The number of hydrogen-bond acceptors (Lipinski definition) is 3. The first-order valence-corrected chi connectivity index (χ1v) is 5.71. The van der Waals surface area contributed by atoms with E-state index in [4.69, 9.17) is 28.3 Å². The zero-order valence-electron chi connectivity index (χ0n) is 9.26. The summed E-state index contributed by atoms with van der Waals surface area (Å²) < 4.78 is 37.0. The van der Waals surface area contributed by atoms with E-state index in [1.165, 1.54) is 18.2 Å². The molecule has 1 atom stereocenters. The van der Waals surface area contributed by atoms with Gasteiger partial charge in [0.15, 0.2) is 5.92 Å². The molecule has 0 bridgehead atoms. The van der Waals surface area contributed by atoms with Crippen molar-refractivity contribution in [2.45, 2.75) is 6.18 Å². The topological polar surface area (TPSA) is 61.4 Å². The van der Waals surface area contributed by atoms with E-state index in [9.17, 15) is 18.0 Å². The highest BCUT2D eigenvalue weighted by atomic mass is 35.5. The molecule has 0 amide bonds. The molecule has 0 spiro atoms. The number of carboxylic acids is 1. The predicted molar refractivity (Wildman–Crippen MR) is 65.3 cm³/mol. The fourth-order valence-electron chi connectivity index (χ4n) is 1.18. The maximum atomic E-state index is 12.3. The normalized spacial score (nSPS) is 13.1. The molecule has 3 N–H and O–H groups in total. The summed E-state index contributed by atoms with van der Waals surface area (Å²) in [5.74, 6) is -4.48. The van der Waals surface area contributed by atoms with Crippen LogP contribution in [0.4, 0.5) is 18.9 Å². The van der Waals surface area contributed by atoms with Gasteiger partial charge in [-0.3, -0.25) is 4.79 Å². The minimum absolute atomic E-state index is 0.232. The van der Waals surface area contributed by atoms with E-state index in [1.807, 2.05) is 0 Å². The van der Waals surface area contributed by atoms with E-state index in [0.29, 0.717) is 5.02 Å². The second-order valence-electron chi connectivity index (χ2n) is 3.56. The maximum Gasteiger partial charge on any atom is 0.403 e. The summed E-state index contributed by atoms with van der Waals surface area (Å²) in [7, 11) is 0. The molecule has 1 aromatic carbocycles. The van der Waals surface area contributed by atoms with E-state index < -0.39 is 24.6 Å². The van der Waals surface area contributed by atoms with Gasteiger partial charge in [-0.15, -0.1) is 0 Å². The summed E-state index contributed by atoms with van der Waals surface area (Å²) >= 11 is 11.4. The zero-order chi connectivity index (χ0) is 14.6. The molecule has 0 aliphatic rings. The minimum Gasteiger partial charge on any atom is -0.481 e. The lowest BCUT2D eigenvalue weighted by molar-refractivity contribution is -0.192. The molecule has 0 saturated carbocycles. The van der Waals surface area contributed by atoms with E-state index in [2.05, 4.69) is 10.9 Å². The number of hydrogen-bond donors (Lipinski definition) is 3. The lowest BCUT2D eigenvalue weighted by atomic mass is 10.1. The lowest BCUT2D eigenvalue weighted by Gasteiger charge is -2.17. The summed E-state index contributed by atoms with van der Waals surface area (Å²) in [4.78, 5) is 10.5. The predicted octanol–water partition coefficient (Wildman–Crippen LogP) is 3.17. The van der Waals surface area contributed by atoms with Crippen molar-refractivity contribution in [2.24, 2.45) is 5.92 Å². The summed E-state index contributed by atoms with van der Waals surface area (Å²) in [6.45, 7) is -0.846. The first kappa shape index (κ1) is 15.9. The van der Waals surface area contributed by atoms with Crippen molar-refractivity contribution >= 4 is 34.9 Å². The first-order valence-electron chi connectivity index (χ1n) is 4.95. The molecule has 1 aromatic rings. The first-order chi connectivity index (χ1) is 8.71. The van der Waals surface area contributed by atoms with Crippen LogP contribution in [0.5, 0.6) is 0 Å². The molecular weight excluding hydrogens is 308 g/mol. The second-order valence-corrected chi connectivity index (χ2v) is 4.41. The Hall–Kier alpha value is -1.18. The third-order valence-corrected chi connectivity index (χ3v) is 2.72. The molecule has 0 fully saturated rings. The van der Waals surface area contributed by atoms with Gasteiger partial charge in [0.1, 0.15) is 0 Å². The molecule has 1 rings (SSSR count). The molecular formula is C10H9Cl2F3N2O2. The van der Waals surface area contributed by atoms with Crippen molar-refractivity contribution in [1.29, 1.82) is 0 Å². The molecule has 9 heteroatoms. The van der Waals surface area contributed by atoms with Crippen LogP contribution in [0.25, 0.3) is 0 Å². The van der Waals surface area contributed by atoms with Gasteiger partial charge in [-0.2, -0.15) is 13.2 Å². The molecule has 0 radical (unpaired) electrons. The van der Waals surface area contributed by atoms with Crippen molar-refractivity contribution < 1.29 is 23.1 Å². The summed E-state index contributed by atoms with van der Waals surface area (Å²) in [6, 6.07) is 4.34. The standard InChI is InChI=1S/C10H9Cl2F3N2O2/c11-5-1-2-7(12)8(3-5)17-16-4-6(9(18)19)10(13,14)15/h1-3,6,16-17H,4H2,(H,18,19). The zero-order valence-corrected chi connectivity index (χ0v) is 10.8. The molecule has 0 saturated heterocycles. The Labute approximate surface area is 116 Å². The Morgan fingerprint density at radius 1 is 1.37 bits per heavy atom. The highest BCUT2D eigenvalue weighted by molar-refractivity contribution is 6.35. The average Bonchev–Trinajstić information content (AvgIpc) is 2.26. The van der Waals surface area contributed by atoms with Crippen LogP contribution in [0, 0.1) is 5.92 Å². The number of hydrazine groups is 1. The van der Waals surface area contributed by atoms with E-state index in [0.717, 1.165) is 0 Å². The fourth-order valence-corrected chi connectivity index (χ4v) is 1.52. The number of aliphatic carboxylic acids is 1. The second kappa shape index (κ2) is 6.31. The van der Waals surface area contributed by atoms with Gasteiger partial charge in [-0.25, -0.2) is 5.43 Å². The van der Waals surface area contributed by atoms with Gasteiger partial charge >= 0.3 is 12.1 Å². The van der Waals surface area contributed by atoms with Crippen LogP contribution >= 0.6 is 23.2 Å². The highest BCUT2D eigenvalue weighted by Gasteiger charge is 2.44. The third kappa shape index (κ3) is 4.77. The number of benzene rings is 1.